The molecule has 1 saturated heterocycles. The van der Waals surface area contributed by atoms with Gasteiger partial charge in [0.05, 0.1) is 25.4 Å². The number of amides is 1. The Hall–Kier alpha value is -1.59. The molecule has 7 unspecified atom stereocenters. The fourth-order valence-electron chi connectivity index (χ4n) is 10.0. The van der Waals surface area contributed by atoms with E-state index < -0.39 is 49.5 Å². The van der Waals surface area contributed by atoms with Gasteiger partial charge in [-0.2, -0.15) is 0 Å². The Morgan fingerprint density at radius 2 is 0.792 bits per heavy atom. The Morgan fingerprint density at radius 3 is 1.17 bits per heavy atom. The smallest absolute Gasteiger partial charge is 0.220 e. The molecule has 6 N–H and O–H groups in total. The van der Waals surface area contributed by atoms with Crippen LogP contribution in [0.3, 0.4) is 0 Å². The van der Waals surface area contributed by atoms with Gasteiger partial charge in [0.15, 0.2) is 6.29 Å². The molecule has 0 aromatic carbocycles. The molecule has 1 aliphatic rings. The predicted octanol–water partition coefficient (Wildman–Crippen LogP) is 15.9. The third-order valence-electron chi connectivity index (χ3n) is 14.9. The second kappa shape index (κ2) is 52.8. The van der Waals surface area contributed by atoms with Crippen molar-refractivity contribution < 1.29 is 39.8 Å². The lowest BCUT2D eigenvalue weighted by atomic mass is 9.99. The van der Waals surface area contributed by atoms with Crippen LogP contribution in [0.25, 0.3) is 0 Å². The van der Waals surface area contributed by atoms with Crippen LogP contribution in [0.5, 0.6) is 0 Å². The molecule has 1 amide bonds. The van der Waals surface area contributed by atoms with Gasteiger partial charge in [-0.25, -0.2) is 0 Å². The summed E-state index contributed by atoms with van der Waals surface area (Å²) in [6, 6.07) is -0.826. The molecule has 0 saturated carbocycles. The zero-order valence-electron chi connectivity index (χ0n) is 47.2. The Morgan fingerprint density at radius 1 is 0.458 bits per heavy atom. The molecule has 1 aliphatic heterocycles. The number of hydrogen-bond acceptors (Lipinski definition) is 8. The van der Waals surface area contributed by atoms with Crippen molar-refractivity contribution in [3.63, 3.8) is 0 Å². The van der Waals surface area contributed by atoms with Gasteiger partial charge in [0.25, 0.3) is 0 Å². The monoisotopic (exact) mass is 1020 g/mol. The van der Waals surface area contributed by atoms with Gasteiger partial charge in [0, 0.05) is 6.42 Å². The van der Waals surface area contributed by atoms with Gasteiger partial charge in [-0.1, -0.05) is 288 Å². The van der Waals surface area contributed by atoms with E-state index in [-0.39, 0.29) is 12.5 Å². The van der Waals surface area contributed by atoms with Crippen LogP contribution in [0.1, 0.15) is 303 Å². The van der Waals surface area contributed by atoms with E-state index in [2.05, 4.69) is 43.5 Å². The van der Waals surface area contributed by atoms with Crippen molar-refractivity contribution in [2.45, 2.75) is 346 Å². The molecule has 1 heterocycles. The normalized spacial score (nSPS) is 19.3. The third-order valence-corrected chi connectivity index (χ3v) is 14.9. The van der Waals surface area contributed by atoms with E-state index in [1.165, 1.54) is 238 Å². The molecule has 9 heteroatoms. The van der Waals surface area contributed by atoms with E-state index in [9.17, 15) is 30.3 Å². The number of ether oxygens (including phenoxy) is 2. The minimum Gasteiger partial charge on any atom is -0.394 e. The minimum atomic E-state index is -1.57. The first-order valence-electron chi connectivity index (χ1n) is 31.2. The lowest BCUT2D eigenvalue weighted by Gasteiger charge is -2.40. The quantitative estimate of drug-likeness (QED) is 0.0261. The van der Waals surface area contributed by atoms with Crippen LogP contribution in [0.15, 0.2) is 36.5 Å². The Kier molecular flexibility index (Phi) is 50.2. The Balaban J connectivity index is 2.15. The average molecular weight is 1020 g/mol. The summed E-state index contributed by atoms with van der Waals surface area (Å²) in [6.45, 7) is 3.79. The number of nitrogens with one attached hydrogen (secondary N) is 1. The molecule has 424 valence electrons. The molecule has 0 aliphatic carbocycles. The predicted molar refractivity (Wildman–Crippen MR) is 304 cm³/mol. The molecule has 0 radical (unpaired) electrons. The van der Waals surface area contributed by atoms with Gasteiger partial charge in [0.1, 0.15) is 24.4 Å². The molecular weight excluding hydrogens is 899 g/mol. The van der Waals surface area contributed by atoms with E-state index >= 15 is 0 Å². The number of rotatable bonds is 54. The van der Waals surface area contributed by atoms with Crippen molar-refractivity contribution in [3.8, 4) is 0 Å². The van der Waals surface area contributed by atoms with Crippen molar-refractivity contribution in [3.05, 3.63) is 36.5 Å². The first-order chi connectivity index (χ1) is 35.3. The van der Waals surface area contributed by atoms with E-state index in [0.717, 1.165) is 44.9 Å². The van der Waals surface area contributed by atoms with Gasteiger partial charge in [-0.05, 0) is 44.9 Å². The standard InChI is InChI=1S/C63H119NO8/c1-3-5-7-9-11-13-15-17-19-21-23-24-25-26-27-28-29-30-31-32-33-34-35-37-39-41-43-45-47-49-51-53-59(67)64-56(55-71-63-62(70)61(69)60(68)58(54-65)72-63)57(66)52-50-48-46-44-42-40-38-36-22-20-18-16-14-12-10-8-6-4-2/h22,36,42,44,50,52,56-58,60-63,65-66,68-70H,3-21,23-35,37-41,43,45-49,51,53-55H2,1-2H3,(H,64,67)/b36-22+,44-42+,52-50+. The molecule has 7 atom stereocenters. The second-order valence-electron chi connectivity index (χ2n) is 21.8. The molecule has 0 aromatic rings. The molecule has 0 aromatic heterocycles. The van der Waals surface area contributed by atoms with Gasteiger partial charge in [0.2, 0.25) is 5.91 Å². The number of aliphatic hydroxyl groups excluding tert-OH is 5. The Labute approximate surface area is 444 Å². The molecule has 1 fully saturated rings. The first kappa shape index (κ1) is 68.4. The lowest BCUT2D eigenvalue weighted by molar-refractivity contribution is -0.302. The maximum Gasteiger partial charge on any atom is 0.220 e. The van der Waals surface area contributed by atoms with Crippen LogP contribution in [0.4, 0.5) is 0 Å². The largest absolute Gasteiger partial charge is 0.394 e. The molecule has 0 spiro atoms. The third kappa shape index (κ3) is 41.6. The number of hydrogen-bond donors (Lipinski definition) is 6. The van der Waals surface area contributed by atoms with E-state index in [0.29, 0.717) is 6.42 Å². The van der Waals surface area contributed by atoms with Crippen LogP contribution in [-0.4, -0.2) is 87.5 Å². The number of carbonyl (C=O) groups excluding carboxylic acids is 1. The topological polar surface area (TPSA) is 149 Å². The second-order valence-corrected chi connectivity index (χ2v) is 21.8. The highest BCUT2D eigenvalue weighted by Crippen LogP contribution is 2.23. The number of aliphatic hydroxyl groups is 5. The fraction of sp³-hybridized carbons (Fsp3) is 0.889. The van der Waals surface area contributed by atoms with Crippen LogP contribution in [0.2, 0.25) is 0 Å². The van der Waals surface area contributed by atoms with Gasteiger partial charge in [-0.3, -0.25) is 4.79 Å². The molecular formula is C63H119NO8. The van der Waals surface area contributed by atoms with Gasteiger partial charge in [-0.15, -0.1) is 0 Å². The summed E-state index contributed by atoms with van der Waals surface area (Å²) in [6.07, 6.45) is 62.4. The summed E-state index contributed by atoms with van der Waals surface area (Å²) in [7, 11) is 0. The van der Waals surface area contributed by atoms with Gasteiger partial charge >= 0.3 is 0 Å². The number of allylic oxidation sites excluding steroid dienone is 5. The van der Waals surface area contributed by atoms with E-state index in [1.807, 2.05) is 6.08 Å². The average Bonchev–Trinajstić information content (AvgIpc) is 3.38. The fourth-order valence-corrected chi connectivity index (χ4v) is 10.0. The van der Waals surface area contributed by atoms with Crippen molar-refractivity contribution >= 4 is 5.91 Å². The van der Waals surface area contributed by atoms with Crippen molar-refractivity contribution in [1.82, 2.24) is 5.32 Å². The molecule has 9 nitrogen and oxygen atoms in total. The van der Waals surface area contributed by atoms with E-state index in [4.69, 9.17) is 9.47 Å². The van der Waals surface area contributed by atoms with Crippen LogP contribution < -0.4 is 5.32 Å². The molecule has 0 bridgehead atoms. The summed E-state index contributed by atoms with van der Waals surface area (Å²) in [4.78, 5) is 13.1. The highest BCUT2D eigenvalue weighted by Gasteiger charge is 2.44. The van der Waals surface area contributed by atoms with Crippen molar-refractivity contribution in [2.24, 2.45) is 0 Å². The summed E-state index contributed by atoms with van der Waals surface area (Å²) < 4.78 is 11.3. The van der Waals surface area contributed by atoms with E-state index in [1.54, 1.807) is 6.08 Å². The van der Waals surface area contributed by atoms with Crippen molar-refractivity contribution in [2.75, 3.05) is 13.2 Å². The molecule has 72 heavy (non-hydrogen) atoms. The lowest BCUT2D eigenvalue weighted by Crippen LogP contribution is -2.60. The SMILES string of the molecule is CCCCCCCCCC/C=C/CC/C=C/CC/C=C/C(O)C(COC1OC(CO)C(O)C(O)C1O)NC(=O)CCCCCCCCCCCCCCCCCCCCCCCCCCCCCCCCC. The van der Waals surface area contributed by atoms with Gasteiger partial charge < -0.3 is 40.3 Å². The summed E-state index contributed by atoms with van der Waals surface area (Å²) in [5.74, 6) is -0.185. The number of carbonyl (C=O) groups is 1. The maximum absolute atomic E-state index is 13.1. The summed E-state index contributed by atoms with van der Waals surface area (Å²) >= 11 is 0. The van der Waals surface area contributed by atoms with Crippen LogP contribution in [0, 0.1) is 0 Å². The first-order valence-corrected chi connectivity index (χ1v) is 31.2. The number of unbranched alkanes of at least 4 members (excludes halogenated alkanes) is 40. The Bertz CT molecular complexity index is 1230. The van der Waals surface area contributed by atoms with Crippen LogP contribution >= 0.6 is 0 Å². The summed E-state index contributed by atoms with van der Waals surface area (Å²) in [5.41, 5.74) is 0. The zero-order valence-corrected chi connectivity index (χ0v) is 47.2. The zero-order chi connectivity index (χ0) is 52.2. The summed E-state index contributed by atoms with van der Waals surface area (Å²) in [5, 5.41) is 54.5. The van der Waals surface area contributed by atoms with Crippen molar-refractivity contribution in [1.29, 1.82) is 0 Å². The molecule has 1 rings (SSSR count). The minimum absolute atomic E-state index is 0.185. The highest BCUT2D eigenvalue weighted by atomic mass is 16.7. The van der Waals surface area contributed by atoms with Crippen LogP contribution in [-0.2, 0) is 14.3 Å². The maximum atomic E-state index is 13.1. The highest BCUT2D eigenvalue weighted by molar-refractivity contribution is 5.76.